The first-order valence-corrected chi connectivity index (χ1v) is 17.1. The molecule has 5 heteroatoms. The van der Waals surface area contributed by atoms with Crippen molar-refractivity contribution < 1.29 is 4.74 Å². The molecule has 244 valence electrons. The maximum Gasteiger partial charge on any atom is 0.137 e. The van der Waals surface area contributed by atoms with E-state index in [4.69, 9.17) is 9.72 Å². The van der Waals surface area contributed by atoms with Gasteiger partial charge in [0.05, 0.1) is 29.4 Å². The van der Waals surface area contributed by atoms with Gasteiger partial charge in [0.1, 0.15) is 17.3 Å². The SMILES string of the molecule is CC(C)(C)c1ccnc(N2c3ccccc3-c3ccccc3-c3ccc(Oc4cccc(N5CN(C(C)(C)C)c6ccccc65)c4)cc32)c1. The summed E-state index contributed by atoms with van der Waals surface area (Å²) >= 11 is 0. The van der Waals surface area contributed by atoms with Crippen LogP contribution in [0.3, 0.4) is 0 Å². The monoisotopic (exact) mass is 642 g/mol. The molecule has 6 aromatic rings. The van der Waals surface area contributed by atoms with Gasteiger partial charge in [0.25, 0.3) is 0 Å². The summed E-state index contributed by atoms with van der Waals surface area (Å²) in [6, 6.07) is 45.2. The molecule has 1 aromatic heterocycles. The number of anilines is 6. The van der Waals surface area contributed by atoms with Crippen molar-refractivity contribution in [2.75, 3.05) is 21.4 Å². The van der Waals surface area contributed by atoms with Crippen molar-refractivity contribution >= 4 is 34.3 Å². The first-order valence-electron chi connectivity index (χ1n) is 17.1. The second-order valence-corrected chi connectivity index (χ2v) is 15.0. The minimum Gasteiger partial charge on any atom is -0.457 e. The lowest BCUT2D eigenvalue weighted by Gasteiger charge is -2.34. The Bertz CT molecular complexity index is 2190. The van der Waals surface area contributed by atoms with E-state index in [0.717, 1.165) is 46.6 Å². The lowest BCUT2D eigenvalue weighted by molar-refractivity contribution is 0.483. The van der Waals surface area contributed by atoms with E-state index < -0.39 is 0 Å². The van der Waals surface area contributed by atoms with E-state index in [-0.39, 0.29) is 11.0 Å². The summed E-state index contributed by atoms with van der Waals surface area (Å²) in [5, 5.41) is 0. The fraction of sp³-hybridized carbons (Fsp3) is 0.205. The number of hydrogen-bond acceptors (Lipinski definition) is 5. The molecule has 0 bridgehead atoms. The average molecular weight is 643 g/mol. The van der Waals surface area contributed by atoms with Crippen LogP contribution >= 0.6 is 0 Å². The van der Waals surface area contributed by atoms with Gasteiger partial charge in [0.2, 0.25) is 0 Å². The van der Waals surface area contributed by atoms with Crippen LogP contribution in [0.25, 0.3) is 22.3 Å². The average Bonchev–Trinajstić information content (AvgIpc) is 3.44. The Labute approximate surface area is 290 Å². The van der Waals surface area contributed by atoms with Crippen LogP contribution in [0.4, 0.5) is 34.3 Å². The van der Waals surface area contributed by atoms with Crippen molar-refractivity contribution in [3.05, 3.63) is 139 Å². The predicted octanol–water partition coefficient (Wildman–Crippen LogP) is 12.0. The van der Waals surface area contributed by atoms with Gasteiger partial charge in [-0.2, -0.15) is 0 Å². The molecule has 0 fully saturated rings. The maximum atomic E-state index is 6.72. The molecule has 49 heavy (non-hydrogen) atoms. The Morgan fingerprint density at radius 2 is 1.18 bits per heavy atom. The fourth-order valence-corrected chi connectivity index (χ4v) is 7.08. The van der Waals surface area contributed by atoms with Gasteiger partial charge in [-0.15, -0.1) is 0 Å². The highest BCUT2D eigenvalue weighted by Gasteiger charge is 2.33. The van der Waals surface area contributed by atoms with Crippen molar-refractivity contribution in [3.63, 3.8) is 0 Å². The van der Waals surface area contributed by atoms with Gasteiger partial charge in [-0.1, -0.05) is 81.4 Å². The van der Waals surface area contributed by atoms with E-state index >= 15 is 0 Å². The van der Waals surface area contributed by atoms with Gasteiger partial charge in [0, 0.05) is 40.7 Å². The third kappa shape index (κ3) is 5.49. The molecule has 0 radical (unpaired) electrons. The number of nitrogens with zero attached hydrogens (tertiary/aromatic N) is 4. The topological polar surface area (TPSA) is 31.8 Å². The van der Waals surface area contributed by atoms with Crippen molar-refractivity contribution in [2.45, 2.75) is 52.5 Å². The predicted molar refractivity (Wildman–Crippen MR) is 204 cm³/mol. The van der Waals surface area contributed by atoms with Crippen LogP contribution in [0.15, 0.2) is 134 Å². The van der Waals surface area contributed by atoms with Crippen LogP contribution < -0.4 is 19.4 Å². The van der Waals surface area contributed by atoms with Crippen LogP contribution in [0.2, 0.25) is 0 Å². The van der Waals surface area contributed by atoms with Gasteiger partial charge >= 0.3 is 0 Å². The highest BCUT2D eigenvalue weighted by molar-refractivity contribution is 6.02. The van der Waals surface area contributed by atoms with Crippen LogP contribution in [-0.2, 0) is 5.41 Å². The van der Waals surface area contributed by atoms with E-state index in [2.05, 4.69) is 178 Å². The Morgan fingerprint density at radius 1 is 0.551 bits per heavy atom. The number of para-hydroxylation sites is 3. The van der Waals surface area contributed by atoms with Crippen molar-refractivity contribution in [1.82, 2.24) is 4.98 Å². The molecule has 0 aliphatic carbocycles. The number of fused-ring (bicyclic) bond motifs is 6. The van der Waals surface area contributed by atoms with Crippen LogP contribution in [0.5, 0.6) is 11.5 Å². The zero-order chi connectivity index (χ0) is 33.9. The fourth-order valence-electron chi connectivity index (χ4n) is 7.08. The molecule has 0 unspecified atom stereocenters. The van der Waals surface area contributed by atoms with Gasteiger partial charge in [-0.3, -0.25) is 4.90 Å². The molecular formula is C44H42N4O. The zero-order valence-corrected chi connectivity index (χ0v) is 29.1. The van der Waals surface area contributed by atoms with E-state index in [1.807, 2.05) is 12.3 Å². The Morgan fingerprint density at radius 3 is 1.90 bits per heavy atom. The molecule has 0 N–H and O–H groups in total. The lowest BCUT2D eigenvalue weighted by Crippen LogP contribution is -2.42. The van der Waals surface area contributed by atoms with Gasteiger partial charge in [0.15, 0.2) is 0 Å². The first kappa shape index (κ1) is 30.8. The van der Waals surface area contributed by atoms with E-state index in [1.54, 1.807) is 0 Å². The van der Waals surface area contributed by atoms with Crippen molar-refractivity contribution in [1.29, 1.82) is 0 Å². The molecule has 3 heterocycles. The first-order chi connectivity index (χ1) is 23.6. The second-order valence-electron chi connectivity index (χ2n) is 15.0. The highest BCUT2D eigenvalue weighted by atomic mass is 16.5. The molecular weight excluding hydrogens is 601 g/mol. The molecule has 0 spiro atoms. The minimum absolute atomic E-state index is 0.00875. The molecule has 0 amide bonds. The lowest BCUT2D eigenvalue weighted by atomic mass is 9.87. The molecule has 0 saturated heterocycles. The van der Waals surface area contributed by atoms with Crippen LogP contribution in [0.1, 0.15) is 47.1 Å². The maximum absolute atomic E-state index is 6.72. The third-order valence-corrected chi connectivity index (χ3v) is 9.62. The number of benzene rings is 5. The Balaban J connectivity index is 1.23. The summed E-state index contributed by atoms with van der Waals surface area (Å²) in [5.41, 5.74) is 11.5. The van der Waals surface area contributed by atoms with E-state index in [0.29, 0.717) is 0 Å². The van der Waals surface area contributed by atoms with Crippen LogP contribution in [0, 0.1) is 0 Å². The molecule has 2 aliphatic heterocycles. The molecule has 0 saturated carbocycles. The summed E-state index contributed by atoms with van der Waals surface area (Å²) in [6.07, 6.45) is 1.93. The van der Waals surface area contributed by atoms with Gasteiger partial charge in [-0.05, 0) is 97.5 Å². The summed E-state index contributed by atoms with van der Waals surface area (Å²) in [4.78, 5) is 12.1. The summed E-state index contributed by atoms with van der Waals surface area (Å²) in [5.74, 6) is 2.44. The van der Waals surface area contributed by atoms with Gasteiger partial charge in [-0.25, -0.2) is 4.98 Å². The van der Waals surface area contributed by atoms with Gasteiger partial charge < -0.3 is 14.5 Å². The molecule has 8 rings (SSSR count). The third-order valence-electron chi connectivity index (χ3n) is 9.62. The normalized spacial score (nSPS) is 13.7. The molecule has 5 nitrogen and oxygen atoms in total. The smallest absolute Gasteiger partial charge is 0.137 e. The minimum atomic E-state index is -0.0232. The standard InChI is InChI=1S/C44H42N4O/c1-43(2,3)30-24-25-45-42(26-30)48-38-19-10-9-18-36(38)34-16-7-8-17-35(34)37-23-22-33(28-41(37)48)49-32-15-13-14-31(27-32)46-29-47(44(4,5)6)40-21-12-11-20-39(40)46/h7-28H,29H2,1-6H3. The number of hydrogen-bond donors (Lipinski definition) is 0. The molecule has 0 atom stereocenters. The summed E-state index contributed by atoms with van der Waals surface area (Å²) in [6.45, 7) is 14.3. The molecule has 5 aromatic carbocycles. The molecule has 2 aliphatic rings. The summed E-state index contributed by atoms with van der Waals surface area (Å²) in [7, 11) is 0. The quantitative estimate of drug-likeness (QED) is 0.191. The summed E-state index contributed by atoms with van der Waals surface area (Å²) < 4.78 is 6.72. The second kappa shape index (κ2) is 11.6. The highest BCUT2D eigenvalue weighted by Crippen LogP contribution is 2.52. The number of ether oxygens (including phenoxy) is 1. The largest absolute Gasteiger partial charge is 0.457 e. The van der Waals surface area contributed by atoms with E-state index in [1.165, 1.54) is 33.6 Å². The zero-order valence-electron chi connectivity index (χ0n) is 29.1. The number of aromatic nitrogens is 1. The number of rotatable bonds is 4. The Hall–Kier alpha value is -5.55. The Kier molecular flexibility index (Phi) is 7.25. The van der Waals surface area contributed by atoms with Crippen molar-refractivity contribution in [3.8, 4) is 33.8 Å². The van der Waals surface area contributed by atoms with Crippen LogP contribution in [-0.4, -0.2) is 17.2 Å². The van der Waals surface area contributed by atoms with Crippen molar-refractivity contribution in [2.24, 2.45) is 0 Å². The number of pyridine rings is 1. The van der Waals surface area contributed by atoms with E-state index in [9.17, 15) is 0 Å².